The standard InChI is InChI=1S/C17H16F2N4O2S/c1-10-7-11(2)23(22-10)8-15(24)21-17-20-14(9-26-17)12-3-5-13(6-4-12)25-16(18)19/h3-7,9,16H,8H2,1-2H3,(H,20,21,24). The van der Waals surface area contributed by atoms with Gasteiger partial charge in [0.1, 0.15) is 12.3 Å². The lowest BCUT2D eigenvalue weighted by Crippen LogP contribution is -2.20. The van der Waals surface area contributed by atoms with Gasteiger partial charge in [0.25, 0.3) is 0 Å². The minimum Gasteiger partial charge on any atom is -0.435 e. The summed E-state index contributed by atoms with van der Waals surface area (Å²) in [4.78, 5) is 16.5. The van der Waals surface area contributed by atoms with Gasteiger partial charge in [-0.1, -0.05) is 0 Å². The number of alkyl halides is 2. The second kappa shape index (κ2) is 7.61. The Morgan fingerprint density at radius 2 is 2.04 bits per heavy atom. The molecule has 0 saturated carbocycles. The lowest BCUT2D eigenvalue weighted by Gasteiger charge is -2.05. The van der Waals surface area contributed by atoms with Crippen molar-refractivity contribution in [1.29, 1.82) is 0 Å². The van der Waals surface area contributed by atoms with E-state index in [-0.39, 0.29) is 18.2 Å². The number of aromatic nitrogens is 3. The van der Waals surface area contributed by atoms with Crippen LogP contribution in [0.3, 0.4) is 0 Å². The number of rotatable bonds is 6. The molecule has 2 aromatic heterocycles. The number of hydrogen-bond donors (Lipinski definition) is 1. The van der Waals surface area contributed by atoms with E-state index in [0.717, 1.165) is 17.0 Å². The molecule has 0 bridgehead atoms. The molecule has 1 N–H and O–H groups in total. The Hall–Kier alpha value is -2.81. The van der Waals surface area contributed by atoms with Crippen molar-refractivity contribution < 1.29 is 18.3 Å². The fourth-order valence-corrected chi connectivity index (χ4v) is 3.14. The number of anilines is 1. The maximum Gasteiger partial charge on any atom is 0.387 e. The summed E-state index contributed by atoms with van der Waals surface area (Å²) in [6.45, 7) is 1.00. The number of hydrogen-bond acceptors (Lipinski definition) is 5. The van der Waals surface area contributed by atoms with E-state index in [1.54, 1.807) is 22.2 Å². The topological polar surface area (TPSA) is 69.0 Å². The fourth-order valence-electron chi connectivity index (χ4n) is 2.40. The van der Waals surface area contributed by atoms with Crippen LogP contribution < -0.4 is 10.1 Å². The molecule has 0 unspecified atom stereocenters. The Morgan fingerprint density at radius 3 is 2.65 bits per heavy atom. The molecule has 6 nitrogen and oxygen atoms in total. The van der Waals surface area contributed by atoms with E-state index in [2.05, 4.69) is 20.1 Å². The van der Waals surface area contributed by atoms with Gasteiger partial charge in [-0.3, -0.25) is 9.48 Å². The van der Waals surface area contributed by atoms with Gasteiger partial charge < -0.3 is 10.1 Å². The van der Waals surface area contributed by atoms with Crippen LogP contribution in [0.2, 0.25) is 0 Å². The summed E-state index contributed by atoms with van der Waals surface area (Å²) in [6, 6.07) is 8.06. The van der Waals surface area contributed by atoms with Crippen molar-refractivity contribution in [2.75, 3.05) is 5.32 Å². The van der Waals surface area contributed by atoms with Gasteiger partial charge in [0, 0.05) is 16.6 Å². The van der Waals surface area contributed by atoms with E-state index in [4.69, 9.17) is 0 Å². The molecule has 2 heterocycles. The quantitative estimate of drug-likeness (QED) is 0.707. The number of benzene rings is 1. The predicted octanol–water partition coefficient (Wildman–Crippen LogP) is 3.86. The summed E-state index contributed by atoms with van der Waals surface area (Å²) in [6.07, 6.45) is 0. The first-order chi connectivity index (χ1) is 12.4. The normalized spacial score (nSPS) is 11.0. The molecule has 1 amide bonds. The summed E-state index contributed by atoms with van der Waals surface area (Å²) in [5, 5.41) is 9.22. The summed E-state index contributed by atoms with van der Waals surface area (Å²) in [5.74, 6) is -0.143. The molecule has 26 heavy (non-hydrogen) atoms. The molecule has 0 atom stereocenters. The van der Waals surface area contributed by atoms with Gasteiger partial charge in [-0.05, 0) is 44.2 Å². The van der Waals surface area contributed by atoms with Gasteiger partial charge in [0.15, 0.2) is 5.13 Å². The van der Waals surface area contributed by atoms with Crippen LogP contribution >= 0.6 is 11.3 Å². The van der Waals surface area contributed by atoms with Crippen LogP contribution in [0.25, 0.3) is 11.3 Å². The number of halogens is 2. The van der Waals surface area contributed by atoms with Crippen molar-refractivity contribution in [1.82, 2.24) is 14.8 Å². The zero-order valence-electron chi connectivity index (χ0n) is 14.1. The van der Waals surface area contributed by atoms with Crippen LogP contribution in [0.15, 0.2) is 35.7 Å². The molecule has 136 valence electrons. The highest BCUT2D eigenvalue weighted by atomic mass is 32.1. The number of nitrogens with zero attached hydrogens (tertiary/aromatic N) is 3. The van der Waals surface area contributed by atoms with Gasteiger partial charge >= 0.3 is 6.61 Å². The van der Waals surface area contributed by atoms with Gasteiger partial charge in [-0.2, -0.15) is 13.9 Å². The average Bonchev–Trinajstić information content (AvgIpc) is 3.14. The zero-order chi connectivity index (χ0) is 18.7. The number of nitrogens with one attached hydrogen (secondary N) is 1. The molecule has 0 radical (unpaired) electrons. The van der Waals surface area contributed by atoms with E-state index in [1.165, 1.54) is 23.5 Å². The molecule has 3 aromatic rings. The van der Waals surface area contributed by atoms with Crippen LogP contribution in [0.5, 0.6) is 5.75 Å². The molecule has 0 aliphatic heterocycles. The summed E-state index contributed by atoms with van der Waals surface area (Å²) in [5.41, 5.74) is 3.14. The van der Waals surface area contributed by atoms with Crippen LogP contribution in [-0.4, -0.2) is 27.3 Å². The van der Waals surface area contributed by atoms with Gasteiger partial charge in [0.05, 0.1) is 11.4 Å². The van der Waals surface area contributed by atoms with Gasteiger partial charge in [0.2, 0.25) is 5.91 Å². The lowest BCUT2D eigenvalue weighted by molar-refractivity contribution is -0.116. The second-order valence-electron chi connectivity index (χ2n) is 5.57. The number of carbonyl (C=O) groups excluding carboxylic acids is 1. The molecule has 9 heteroatoms. The molecule has 3 rings (SSSR count). The summed E-state index contributed by atoms with van der Waals surface area (Å²) < 4.78 is 30.3. The highest BCUT2D eigenvalue weighted by molar-refractivity contribution is 7.14. The minimum absolute atomic E-state index is 0.0809. The molecular formula is C17H16F2N4O2S. The van der Waals surface area contributed by atoms with Gasteiger partial charge in [-0.25, -0.2) is 4.98 Å². The number of thiazole rings is 1. The smallest absolute Gasteiger partial charge is 0.387 e. The number of amides is 1. The van der Waals surface area contributed by atoms with E-state index >= 15 is 0 Å². The maximum absolute atomic E-state index is 12.2. The Bertz CT molecular complexity index is 906. The van der Waals surface area contributed by atoms with Gasteiger partial charge in [-0.15, -0.1) is 11.3 Å². The largest absolute Gasteiger partial charge is 0.435 e. The lowest BCUT2D eigenvalue weighted by atomic mass is 10.2. The molecule has 0 aliphatic carbocycles. The SMILES string of the molecule is Cc1cc(C)n(CC(=O)Nc2nc(-c3ccc(OC(F)F)cc3)cs2)n1. The van der Waals surface area contributed by atoms with Crippen molar-refractivity contribution in [3.05, 3.63) is 47.1 Å². The van der Waals surface area contributed by atoms with Crippen LogP contribution in [-0.2, 0) is 11.3 Å². The van der Waals surface area contributed by atoms with E-state index in [9.17, 15) is 13.6 Å². The molecule has 0 saturated heterocycles. The molecule has 0 aliphatic rings. The number of ether oxygens (including phenoxy) is 1. The third kappa shape index (κ3) is 4.42. The third-order valence-electron chi connectivity index (χ3n) is 3.52. The highest BCUT2D eigenvalue weighted by Gasteiger charge is 2.11. The Morgan fingerprint density at radius 1 is 1.31 bits per heavy atom. The van der Waals surface area contributed by atoms with Crippen molar-refractivity contribution in [3.8, 4) is 17.0 Å². The van der Waals surface area contributed by atoms with Crippen molar-refractivity contribution >= 4 is 22.4 Å². The highest BCUT2D eigenvalue weighted by Crippen LogP contribution is 2.27. The molecule has 0 spiro atoms. The zero-order valence-corrected chi connectivity index (χ0v) is 14.9. The molecular weight excluding hydrogens is 362 g/mol. The average molecular weight is 378 g/mol. The van der Waals surface area contributed by atoms with Crippen molar-refractivity contribution in [3.63, 3.8) is 0 Å². The Labute approximate surface area is 152 Å². The number of carbonyl (C=O) groups is 1. The maximum atomic E-state index is 12.2. The Balaban J connectivity index is 1.64. The predicted molar refractivity (Wildman–Crippen MR) is 94.5 cm³/mol. The summed E-state index contributed by atoms with van der Waals surface area (Å²) in [7, 11) is 0. The Kier molecular flexibility index (Phi) is 5.27. The third-order valence-corrected chi connectivity index (χ3v) is 4.28. The van der Waals surface area contributed by atoms with Crippen LogP contribution in [0, 0.1) is 13.8 Å². The van der Waals surface area contributed by atoms with Crippen molar-refractivity contribution in [2.24, 2.45) is 0 Å². The molecule has 0 fully saturated rings. The van der Waals surface area contributed by atoms with E-state index in [1.807, 2.05) is 19.9 Å². The molecule has 1 aromatic carbocycles. The second-order valence-corrected chi connectivity index (χ2v) is 6.43. The minimum atomic E-state index is -2.86. The van der Waals surface area contributed by atoms with E-state index < -0.39 is 6.61 Å². The summed E-state index contributed by atoms with van der Waals surface area (Å²) >= 11 is 1.28. The number of aryl methyl sites for hydroxylation is 2. The van der Waals surface area contributed by atoms with Crippen LogP contribution in [0.4, 0.5) is 13.9 Å². The first-order valence-corrected chi connectivity index (χ1v) is 8.60. The fraction of sp³-hybridized carbons (Fsp3) is 0.235. The van der Waals surface area contributed by atoms with Crippen molar-refractivity contribution in [2.45, 2.75) is 27.0 Å². The first-order valence-electron chi connectivity index (χ1n) is 7.72. The van der Waals surface area contributed by atoms with Crippen LogP contribution in [0.1, 0.15) is 11.4 Å². The van der Waals surface area contributed by atoms with E-state index in [0.29, 0.717) is 10.8 Å². The first kappa shape index (κ1) is 18.0. The monoisotopic (exact) mass is 378 g/mol.